The predicted octanol–water partition coefficient (Wildman–Crippen LogP) is 2.46. The molecule has 1 N–H and O–H groups in total. The Morgan fingerprint density at radius 3 is 2.68 bits per heavy atom. The first-order valence-corrected chi connectivity index (χ1v) is 8.26. The van der Waals surface area contributed by atoms with E-state index in [1.165, 1.54) is 6.20 Å². The zero-order chi connectivity index (χ0) is 18.2. The number of rotatable bonds is 4. The molecule has 0 unspecified atom stereocenters. The van der Waals surface area contributed by atoms with E-state index in [2.05, 4.69) is 5.32 Å². The topological polar surface area (TPSA) is 85.7 Å². The molecule has 1 fully saturated rings. The molecular weight excluding hydrogens is 344 g/mol. The minimum Gasteiger partial charge on any atom is -0.450 e. The van der Waals surface area contributed by atoms with Crippen molar-refractivity contribution in [2.24, 2.45) is 0 Å². The fraction of sp³-hybridized carbons (Fsp3) is 0.353. The second kappa shape index (κ2) is 8.94. The van der Waals surface area contributed by atoms with Crippen LogP contribution in [0.2, 0.25) is 5.02 Å². The third-order valence-corrected chi connectivity index (χ3v) is 3.83. The molecular formula is C17H19ClN4O3. The first-order valence-electron chi connectivity index (χ1n) is 7.88. The van der Waals surface area contributed by atoms with Crippen molar-refractivity contribution >= 4 is 29.3 Å². The zero-order valence-corrected chi connectivity index (χ0v) is 14.6. The van der Waals surface area contributed by atoms with E-state index in [0.29, 0.717) is 43.5 Å². The Morgan fingerprint density at radius 2 is 2.08 bits per heavy atom. The number of nitriles is 1. The van der Waals surface area contributed by atoms with Crippen LogP contribution in [0.3, 0.4) is 0 Å². The van der Waals surface area contributed by atoms with Gasteiger partial charge in [-0.25, -0.2) is 4.79 Å². The van der Waals surface area contributed by atoms with Gasteiger partial charge in [0.25, 0.3) is 5.91 Å². The SMILES string of the molecule is CCOC(=O)N1CCN(/C=C(/C#N)C(=O)Nc2cccc(Cl)c2)CC1. The minimum absolute atomic E-state index is 0.00967. The molecule has 2 amide bonds. The molecule has 0 bridgehead atoms. The van der Waals surface area contributed by atoms with Crippen LogP contribution in [0, 0.1) is 11.3 Å². The van der Waals surface area contributed by atoms with Crippen LogP contribution in [-0.2, 0) is 9.53 Å². The predicted molar refractivity (Wildman–Crippen MR) is 93.9 cm³/mol. The highest BCUT2D eigenvalue weighted by Gasteiger charge is 2.21. The van der Waals surface area contributed by atoms with E-state index in [0.717, 1.165) is 0 Å². The molecule has 1 saturated heterocycles. The molecule has 8 heteroatoms. The lowest BCUT2D eigenvalue weighted by Gasteiger charge is -2.33. The highest BCUT2D eigenvalue weighted by atomic mass is 35.5. The lowest BCUT2D eigenvalue weighted by Crippen LogP contribution is -2.47. The van der Waals surface area contributed by atoms with Gasteiger partial charge in [-0.2, -0.15) is 5.26 Å². The van der Waals surface area contributed by atoms with Gasteiger partial charge in [-0.1, -0.05) is 17.7 Å². The van der Waals surface area contributed by atoms with Crippen molar-refractivity contribution in [2.45, 2.75) is 6.92 Å². The second-order valence-electron chi connectivity index (χ2n) is 5.34. The molecule has 0 aliphatic carbocycles. The minimum atomic E-state index is -0.502. The quantitative estimate of drug-likeness (QED) is 0.656. The number of nitrogens with zero attached hydrogens (tertiary/aromatic N) is 3. The van der Waals surface area contributed by atoms with Gasteiger partial charge in [0.15, 0.2) is 0 Å². The van der Waals surface area contributed by atoms with Crippen molar-refractivity contribution in [1.82, 2.24) is 9.80 Å². The molecule has 0 aromatic heterocycles. The highest BCUT2D eigenvalue weighted by Crippen LogP contribution is 2.16. The van der Waals surface area contributed by atoms with Gasteiger partial charge < -0.3 is 19.9 Å². The Hall–Kier alpha value is -2.72. The number of nitrogens with one attached hydrogen (secondary N) is 1. The lowest BCUT2D eigenvalue weighted by atomic mass is 10.2. The zero-order valence-electron chi connectivity index (χ0n) is 13.9. The molecule has 1 aromatic rings. The number of ether oxygens (including phenoxy) is 1. The number of hydrogen-bond acceptors (Lipinski definition) is 5. The van der Waals surface area contributed by atoms with Gasteiger partial charge in [0, 0.05) is 43.1 Å². The average molecular weight is 363 g/mol. The van der Waals surface area contributed by atoms with E-state index < -0.39 is 5.91 Å². The molecule has 0 atom stereocenters. The Labute approximate surface area is 151 Å². The Balaban J connectivity index is 1.95. The van der Waals surface area contributed by atoms with Crippen molar-refractivity contribution in [3.05, 3.63) is 41.1 Å². The molecule has 7 nitrogen and oxygen atoms in total. The van der Waals surface area contributed by atoms with Crippen LogP contribution in [0.5, 0.6) is 0 Å². The molecule has 1 heterocycles. The number of amides is 2. The van der Waals surface area contributed by atoms with Crippen molar-refractivity contribution < 1.29 is 14.3 Å². The maximum atomic E-state index is 12.2. The van der Waals surface area contributed by atoms with E-state index in [4.69, 9.17) is 16.3 Å². The smallest absolute Gasteiger partial charge is 0.409 e. The van der Waals surface area contributed by atoms with E-state index >= 15 is 0 Å². The highest BCUT2D eigenvalue weighted by molar-refractivity contribution is 6.31. The number of carbonyl (C=O) groups is 2. The molecule has 1 aliphatic rings. The molecule has 25 heavy (non-hydrogen) atoms. The molecule has 132 valence electrons. The maximum Gasteiger partial charge on any atom is 0.409 e. The molecule has 2 rings (SSSR count). The van der Waals surface area contributed by atoms with Crippen molar-refractivity contribution in [1.29, 1.82) is 5.26 Å². The van der Waals surface area contributed by atoms with Gasteiger partial charge in [0.2, 0.25) is 0 Å². The van der Waals surface area contributed by atoms with E-state index in [-0.39, 0.29) is 11.7 Å². The van der Waals surface area contributed by atoms with Crippen molar-refractivity contribution in [2.75, 3.05) is 38.1 Å². The normalized spacial score (nSPS) is 14.7. The van der Waals surface area contributed by atoms with Gasteiger partial charge in [-0.15, -0.1) is 0 Å². The Morgan fingerprint density at radius 1 is 1.36 bits per heavy atom. The van der Waals surface area contributed by atoms with Gasteiger partial charge in [0.05, 0.1) is 6.61 Å². The van der Waals surface area contributed by atoms with Crippen LogP contribution < -0.4 is 5.32 Å². The van der Waals surface area contributed by atoms with Crippen LogP contribution in [0.25, 0.3) is 0 Å². The molecule has 0 spiro atoms. The molecule has 0 saturated carbocycles. The first-order chi connectivity index (χ1) is 12.0. The van der Waals surface area contributed by atoms with Crippen molar-refractivity contribution in [3.8, 4) is 6.07 Å². The third-order valence-electron chi connectivity index (χ3n) is 3.60. The number of benzene rings is 1. The van der Waals surface area contributed by atoms with E-state index in [9.17, 15) is 14.9 Å². The van der Waals surface area contributed by atoms with Gasteiger partial charge >= 0.3 is 6.09 Å². The monoisotopic (exact) mass is 362 g/mol. The number of anilines is 1. The Kier molecular flexibility index (Phi) is 6.66. The molecule has 0 radical (unpaired) electrons. The molecule has 1 aromatic carbocycles. The summed E-state index contributed by atoms with van der Waals surface area (Å²) in [6.07, 6.45) is 1.17. The summed E-state index contributed by atoms with van der Waals surface area (Å²) in [6, 6.07) is 8.61. The fourth-order valence-electron chi connectivity index (χ4n) is 2.33. The maximum absolute atomic E-state index is 12.2. The fourth-order valence-corrected chi connectivity index (χ4v) is 2.52. The summed E-state index contributed by atoms with van der Waals surface area (Å²) in [4.78, 5) is 27.3. The first kappa shape index (κ1) is 18.6. The third kappa shape index (κ3) is 5.40. The van der Waals surface area contributed by atoms with E-state index in [1.807, 2.05) is 11.0 Å². The lowest BCUT2D eigenvalue weighted by molar-refractivity contribution is -0.112. The van der Waals surface area contributed by atoms with Gasteiger partial charge in [-0.05, 0) is 25.1 Å². The van der Waals surface area contributed by atoms with Gasteiger partial charge in [0.1, 0.15) is 11.6 Å². The molecule has 1 aliphatic heterocycles. The number of piperazine rings is 1. The summed E-state index contributed by atoms with van der Waals surface area (Å²) >= 11 is 5.88. The summed E-state index contributed by atoms with van der Waals surface area (Å²) < 4.78 is 4.96. The standard InChI is InChI=1S/C17H19ClN4O3/c1-2-25-17(24)22-8-6-21(7-9-22)12-13(11-19)16(23)20-15-5-3-4-14(18)10-15/h3-5,10,12H,2,6-9H2,1H3,(H,20,23)/b13-12-. The van der Waals surface area contributed by atoms with Crippen molar-refractivity contribution in [3.63, 3.8) is 0 Å². The second-order valence-corrected chi connectivity index (χ2v) is 5.78. The van der Waals surface area contributed by atoms with Crippen LogP contribution in [0.15, 0.2) is 36.0 Å². The van der Waals surface area contributed by atoms with Crippen LogP contribution in [0.1, 0.15) is 6.92 Å². The number of hydrogen-bond donors (Lipinski definition) is 1. The summed E-state index contributed by atoms with van der Waals surface area (Å²) in [6.45, 7) is 4.09. The summed E-state index contributed by atoms with van der Waals surface area (Å²) in [5.74, 6) is -0.502. The largest absolute Gasteiger partial charge is 0.450 e. The summed E-state index contributed by atoms with van der Waals surface area (Å²) in [7, 11) is 0. The Bertz CT molecular complexity index is 706. The number of halogens is 1. The van der Waals surface area contributed by atoms with Crippen LogP contribution in [-0.4, -0.2) is 54.6 Å². The van der Waals surface area contributed by atoms with Crippen LogP contribution >= 0.6 is 11.6 Å². The number of carbonyl (C=O) groups excluding carboxylic acids is 2. The van der Waals surface area contributed by atoms with Gasteiger partial charge in [-0.3, -0.25) is 4.79 Å². The average Bonchev–Trinajstić information content (AvgIpc) is 2.60. The van der Waals surface area contributed by atoms with Crippen LogP contribution in [0.4, 0.5) is 10.5 Å². The summed E-state index contributed by atoms with van der Waals surface area (Å²) in [5.41, 5.74) is 0.510. The van der Waals surface area contributed by atoms with E-state index in [1.54, 1.807) is 36.1 Å². The summed E-state index contributed by atoms with van der Waals surface area (Å²) in [5, 5.41) is 12.4.